The van der Waals surface area contributed by atoms with Crippen LogP contribution < -0.4 is 10.9 Å². The highest BCUT2D eigenvalue weighted by Crippen LogP contribution is 2.20. The summed E-state index contributed by atoms with van der Waals surface area (Å²) in [4.78, 5) is 42.5. The van der Waals surface area contributed by atoms with Gasteiger partial charge < -0.3 is 19.8 Å². The van der Waals surface area contributed by atoms with Gasteiger partial charge in [0.05, 0.1) is 29.7 Å². The van der Waals surface area contributed by atoms with Gasteiger partial charge in [-0.3, -0.25) is 9.59 Å². The van der Waals surface area contributed by atoms with E-state index in [0.717, 1.165) is 11.8 Å². The fraction of sp³-hybridized carbons (Fsp3) is 0.333. The Kier molecular flexibility index (Phi) is 7.56. The van der Waals surface area contributed by atoms with E-state index in [2.05, 4.69) is 15.3 Å². The van der Waals surface area contributed by atoms with Crippen molar-refractivity contribution in [2.75, 3.05) is 19.0 Å². The van der Waals surface area contributed by atoms with E-state index in [1.54, 1.807) is 38.1 Å². The first-order valence-electron chi connectivity index (χ1n) is 8.26. The molecule has 0 fully saturated rings. The highest BCUT2D eigenvalue weighted by Gasteiger charge is 2.17. The Balaban J connectivity index is 1.99. The molecule has 2 N–H and O–H groups in total. The number of carbonyl (C=O) groups is 2. The second kappa shape index (κ2) is 9.89. The molecule has 2 aromatic rings. The molecule has 0 aliphatic carbocycles. The van der Waals surface area contributed by atoms with Gasteiger partial charge in [0, 0.05) is 18.9 Å². The third-order valence-corrected chi connectivity index (χ3v) is 4.37. The number of carbonyl (C=O) groups excluding carboxylic acids is 2. The Bertz CT molecular complexity index is 851. The van der Waals surface area contributed by atoms with Crippen LogP contribution in [-0.2, 0) is 20.9 Å². The monoisotopic (exact) mass is 391 g/mol. The predicted octanol–water partition coefficient (Wildman–Crippen LogP) is 2.21. The maximum Gasteiger partial charge on any atom is 0.338 e. The zero-order valence-corrected chi connectivity index (χ0v) is 16.1. The minimum atomic E-state index is -0.504. The second-order valence-electron chi connectivity index (χ2n) is 5.52. The molecule has 1 unspecified atom stereocenters. The fourth-order valence-electron chi connectivity index (χ4n) is 2.13. The molecule has 1 heterocycles. The molecule has 27 heavy (non-hydrogen) atoms. The largest absolute Gasteiger partial charge is 0.462 e. The van der Waals surface area contributed by atoms with E-state index < -0.39 is 11.2 Å². The molecule has 0 spiro atoms. The first-order valence-corrected chi connectivity index (χ1v) is 9.14. The Morgan fingerprint density at radius 1 is 1.30 bits per heavy atom. The Labute approximate surface area is 160 Å². The number of nitrogens with one attached hydrogen (secondary N) is 2. The number of amides is 1. The van der Waals surface area contributed by atoms with Crippen LogP contribution in [0.15, 0.2) is 40.3 Å². The highest BCUT2D eigenvalue weighted by atomic mass is 32.2. The number of esters is 1. The SMILES string of the molecule is CCOC(=O)c1ccc(NC(=O)C(C)Sc2nc(COC)cc(=O)[nH]2)cc1. The number of thioether (sulfide) groups is 1. The fourth-order valence-corrected chi connectivity index (χ4v) is 2.96. The molecular weight excluding hydrogens is 370 g/mol. The van der Waals surface area contributed by atoms with E-state index in [4.69, 9.17) is 9.47 Å². The third-order valence-electron chi connectivity index (χ3n) is 3.39. The summed E-state index contributed by atoms with van der Waals surface area (Å²) in [6.45, 7) is 3.95. The van der Waals surface area contributed by atoms with Crippen molar-refractivity contribution in [2.45, 2.75) is 30.9 Å². The minimum Gasteiger partial charge on any atom is -0.462 e. The lowest BCUT2D eigenvalue weighted by molar-refractivity contribution is -0.115. The molecule has 1 atom stereocenters. The smallest absolute Gasteiger partial charge is 0.338 e. The molecule has 0 bridgehead atoms. The van der Waals surface area contributed by atoms with Gasteiger partial charge in [0.2, 0.25) is 5.91 Å². The molecule has 1 amide bonds. The van der Waals surface area contributed by atoms with Crippen LogP contribution in [0, 0.1) is 0 Å². The molecule has 0 aliphatic rings. The van der Waals surface area contributed by atoms with E-state index in [-0.39, 0.29) is 18.1 Å². The molecule has 0 radical (unpaired) electrons. The number of nitrogens with zero attached hydrogens (tertiary/aromatic N) is 1. The number of methoxy groups -OCH3 is 1. The lowest BCUT2D eigenvalue weighted by Crippen LogP contribution is -2.23. The van der Waals surface area contributed by atoms with E-state index in [1.165, 1.54) is 13.2 Å². The van der Waals surface area contributed by atoms with Crippen LogP contribution in [-0.4, -0.2) is 40.8 Å². The number of benzene rings is 1. The third kappa shape index (κ3) is 6.22. The van der Waals surface area contributed by atoms with Gasteiger partial charge in [-0.05, 0) is 38.1 Å². The number of anilines is 1. The zero-order chi connectivity index (χ0) is 19.8. The van der Waals surface area contributed by atoms with Gasteiger partial charge in [0.25, 0.3) is 5.56 Å². The van der Waals surface area contributed by atoms with Crippen molar-refractivity contribution in [1.82, 2.24) is 9.97 Å². The van der Waals surface area contributed by atoms with Crippen molar-refractivity contribution >= 4 is 29.3 Å². The topological polar surface area (TPSA) is 110 Å². The molecule has 1 aromatic heterocycles. The van der Waals surface area contributed by atoms with E-state index >= 15 is 0 Å². The summed E-state index contributed by atoms with van der Waals surface area (Å²) >= 11 is 1.13. The number of ether oxygens (including phenoxy) is 2. The Morgan fingerprint density at radius 3 is 2.63 bits per heavy atom. The van der Waals surface area contributed by atoms with Gasteiger partial charge in [-0.15, -0.1) is 0 Å². The standard InChI is InChI=1S/C18H21N3O5S/c1-4-26-17(24)12-5-7-13(8-6-12)19-16(23)11(2)27-18-20-14(10-25-3)9-15(22)21-18/h5-9,11H,4,10H2,1-3H3,(H,19,23)(H,20,21,22). The van der Waals surface area contributed by atoms with Gasteiger partial charge in [-0.1, -0.05) is 11.8 Å². The summed E-state index contributed by atoms with van der Waals surface area (Å²) < 4.78 is 9.89. The van der Waals surface area contributed by atoms with Gasteiger partial charge >= 0.3 is 5.97 Å². The minimum absolute atomic E-state index is 0.213. The molecular formula is C18H21N3O5S. The lowest BCUT2D eigenvalue weighted by atomic mass is 10.2. The molecule has 9 heteroatoms. The summed E-state index contributed by atoms with van der Waals surface area (Å²) in [7, 11) is 1.51. The van der Waals surface area contributed by atoms with Crippen molar-refractivity contribution in [3.05, 3.63) is 51.9 Å². The van der Waals surface area contributed by atoms with Crippen LogP contribution in [0.3, 0.4) is 0 Å². The number of H-pyrrole nitrogens is 1. The molecule has 1 aromatic carbocycles. The van der Waals surface area contributed by atoms with Crippen LogP contribution in [0.2, 0.25) is 0 Å². The molecule has 0 aliphatic heterocycles. The Hall–Kier alpha value is -2.65. The number of aromatic nitrogens is 2. The first-order chi connectivity index (χ1) is 12.9. The maximum absolute atomic E-state index is 12.4. The molecule has 8 nitrogen and oxygen atoms in total. The second-order valence-corrected chi connectivity index (χ2v) is 6.85. The van der Waals surface area contributed by atoms with E-state index in [1.807, 2.05) is 0 Å². The van der Waals surface area contributed by atoms with Crippen LogP contribution in [0.25, 0.3) is 0 Å². The molecule has 0 saturated heterocycles. The summed E-state index contributed by atoms with van der Waals surface area (Å²) in [5.74, 6) is -0.672. The number of aromatic amines is 1. The number of hydrogen-bond acceptors (Lipinski definition) is 7. The number of rotatable bonds is 8. The van der Waals surface area contributed by atoms with E-state index in [0.29, 0.717) is 28.7 Å². The number of hydrogen-bond donors (Lipinski definition) is 2. The van der Waals surface area contributed by atoms with Crippen molar-refractivity contribution in [3.8, 4) is 0 Å². The molecule has 0 saturated carbocycles. The van der Waals surface area contributed by atoms with E-state index in [9.17, 15) is 14.4 Å². The molecule has 144 valence electrons. The summed E-state index contributed by atoms with van der Waals surface area (Å²) in [5.41, 5.74) is 1.15. The first kappa shape index (κ1) is 20.7. The summed E-state index contributed by atoms with van der Waals surface area (Å²) in [6.07, 6.45) is 0. The summed E-state index contributed by atoms with van der Waals surface area (Å²) in [6, 6.07) is 7.77. The highest BCUT2D eigenvalue weighted by molar-refractivity contribution is 8.00. The van der Waals surface area contributed by atoms with Crippen LogP contribution in [0.5, 0.6) is 0 Å². The predicted molar refractivity (Wildman–Crippen MR) is 102 cm³/mol. The Morgan fingerprint density at radius 2 is 2.00 bits per heavy atom. The zero-order valence-electron chi connectivity index (χ0n) is 15.3. The van der Waals surface area contributed by atoms with Crippen molar-refractivity contribution in [1.29, 1.82) is 0 Å². The maximum atomic E-state index is 12.4. The average Bonchev–Trinajstić information content (AvgIpc) is 2.62. The van der Waals surface area contributed by atoms with Gasteiger partial charge in [-0.25, -0.2) is 9.78 Å². The van der Waals surface area contributed by atoms with Crippen LogP contribution in [0.4, 0.5) is 5.69 Å². The summed E-state index contributed by atoms with van der Waals surface area (Å²) in [5, 5.41) is 2.60. The van der Waals surface area contributed by atoms with Gasteiger partial charge in [0.15, 0.2) is 5.16 Å². The quantitative estimate of drug-likeness (QED) is 0.403. The normalized spacial score (nSPS) is 11.7. The van der Waals surface area contributed by atoms with Gasteiger partial charge in [-0.2, -0.15) is 0 Å². The average molecular weight is 391 g/mol. The van der Waals surface area contributed by atoms with Crippen molar-refractivity contribution in [2.24, 2.45) is 0 Å². The molecule has 2 rings (SSSR count). The van der Waals surface area contributed by atoms with Crippen molar-refractivity contribution < 1.29 is 19.1 Å². The van der Waals surface area contributed by atoms with Crippen LogP contribution in [0.1, 0.15) is 29.9 Å². The van der Waals surface area contributed by atoms with Crippen LogP contribution >= 0.6 is 11.8 Å². The van der Waals surface area contributed by atoms with Crippen molar-refractivity contribution in [3.63, 3.8) is 0 Å². The lowest BCUT2D eigenvalue weighted by Gasteiger charge is -2.12. The van der Waals surface area contributed by atoms with Gasteiger partial charge in [0.1, 0.15) is 0 Å².